The van der Waals surface area contributed by atoms with E-state index in [4.69, 9.17) is 5.10 Å². The number of hydrogen-bond acceptors (Lipinski definition) is 5. The Balaban J connectivity index is 1.46. The summed E-state index contributed by atoms with van der Waals surface area (Å²) in [6, 6.07) is 27.0. The number of hydrazone groups is 1. The number of carbonyl (C=O) groups excluding carboxylic acids is 3. The number of hydrogen-bond donors (Lipinski definition) is 2. The van der Waals surface area contributed by atoms with Crippen LogP contribution in [-0.4, -0.2) is 23.6 Å². The van der Waals surface area contributed by atoms with Crippen molar-refractivity contribution in [3.8, 4) is 0 Å². The van der Waals surface area contributed by atoms with Crippen molar-refractivity contribution < 1.29 is 14.4 Å². The highest BCUT2D eigenvalue weighted by molar-refractivity contribution is 6.31. The maximum Gasteiger partial charge on any atom is 0.328 e. The van der Waals surface area contributed by atoms with Crippen LogP contribution in [0.25, 0.3) is 6.08 Å². The summed E-state index contributed by atoms with van der Waals surface area (Å²) in [6.45, 7) is 0. The summed E-state index contributed by atoms with van der Waals surface area (Å²) >= 11 is 0. The van der Waals surface area contributed by atoms with Crippen molar-refractivity contribution in [2.45, 2.75) is 12.5 Å². The van der Waals surface area contributed by atoms with Crippen molar-refractivity contribution in [3.05, 3.63) is 107 Å². The first-order valence-electron chi connectivity index (χ1n) is 10.5. The molecule has 162 valence electrons. The van der Waals surface area contributed by atoms with Crippen molar-refractivity contribution in [1.82, 2.24) is 10.6 Å². The van der Waals surface area contributed by atoms with Gasteiger partial charge in [-0.25, -0.2) is 4.79 Å². The molecule has 2 aliphatic heterocycles. The lowest BCUT2D eigenvalue weighted by atomic mass is 9.98. The number of amides is 4. The Labute approximate surface area is 190 Å². The molecule has 33 heavy (non-hydrogen) atoms. The molecular formula is C26H20N4O3. The van der Waals surface area contributed by atoms with Crippen molar-refractivity contribution in [1.29, 1.82) is 0 Å². The fourth-order valence-electron chi connectivity index (χ4n) is 3.98. The zero-order valence-electron chi connectivity index (χ0n) is 17.6. The van der Waals surface area contributed by atoms with Gasteiger partial charge in [0.1, 0.15) is 5.57 Å². The zero-order chi connectivity index (χ0) is 22.8. The molecule has 1 fully saturated rings. The van der Waals surface area contributed by atoms with Crippen LogP contribution in [0.5, 0.6) is 0 Å². The predicted octanol–water partition coefficient (Wildman–Crippen LogP) is 3.79. The second-order valence-corrected chi connectivity index (χ2v) is 7.77. The monoisotopic (exact) mass is 436 g/mol. The predicted molar refractivity (Wildman–Crippen MR) is 125 cm³/mol. The number of rotatable bonds is 4. The van der Waals surface area contributed by atoms with Gasteiger partial charge in [0.2, 0.25) is 0 Å². The first kappa shape index (κ1) is 20.4. The third-order valence-corrected chi connectivity index (χ3v) is 5.61. The van der Waals surface area contributed by atoms with Gasteiger partial charge in [-0.05, 0) is 34.9 Å². The van der Waals surface area contributed by atoms with Gasteiger partial charge in [-0.15, -0.1) is 0 Å². The number of imide groups is 2. The van der Waals surface area contributed by atoms with Crippen molar-refractivity contribution >= 4 is 35.3 Å². The Bertz CT molecular complexity index is 1260. The molecule has 2 heterocycles. The van der Waals surface area contributed by atoms with Gasteiger partial charge in [0.25, 0.3) is 11.8 Å². The molecule has 2 N–H and O–H groups in total. The van der Waals surface area contributed by atoms with Gasteiger partial charge in [0.05, 0.1) is 17.4 Å². The molecule has 0 aliphatic carbocycles. The summed E-state index contributed by atoms with van der Waals surface area (Å²) < 4.78 is 0. The summed E-state index contributed by atoms with van der Waals surface area (Å²) in [5.74, 6) is -1.43. The van der Waals surface area contributed by atoms with Gasteiger partial charge in [0.15, 0.2) is 0 Å². The third-order valence-electron chi connectivity index (χ3n) is 5.61. The highest BCUT2D eigenvalue weighted by Crippen LogP contribution is 2.36. The Morgan fingerprint density at radius 1 is 0.788 bits per heavy atom. The SMILES string of the molecule is O=C1NC(=O)C(=Cc2ccc(N3N=C(c4ccccc4)C[C@H]3c3ccccc3)cc2)C(=O)N1. The standard InChI is InChI=1S/C26H20N4O3/c31-24-21(25(32)28-26(33)27-24)15-17-11-13-20(14-12-17)30-23(19-9-5-2-6-10-19)16-22(29-30)18-7-3-1-4-8-18/h1-15,23H,16H2,(H2,27,28,31,32,33)/t23-/m0/s1. The number of benzene rings is 3. The minimum Gasteiger partial charge on any atom is -0.273 e. The number of carbonyl (C=O) groups is 3. The Morgan fingerprint density at radius 3 is 2.03 bits per heavy atom. The van der Waals surface area contributed by atoms with E-state index in [1.165, 1.54) is 11.6 Å². The second kappa shape index (κ2) is 8.55. The maximum absolute atomic E-state index is 12.0. The van der Waals surface area contributed by atoms with Crippen LogP contribution >= 0.6 is 0 Å². The highest BCUT2D eigenvalue weighted by Gasteiger charge is 2.30. The van der Waals surface area contributed by atoms with Gasteiger partial charge < -0.3 is 0 Å². The van der Waals surface area contributed by atoms with Crippen LogP contribution in [0.3, 0.4) is 0 Å². The number of nitrogens with one attached hydrogen (secondary N) is 2. The van der Waals surface area contributed by atoms with E-state index in [1.54, 1.807) is 0 Å². The van der Waals surface area contributed by atoms with Crippen molar-refractivity contribution in [3.63, 3.8) is 0 Å². The summed E-state index contributed by atoms with van der Waals surface area (Å²) in [5.41, 5.74) is 4.71. The number of anilines is 1. The molecule has 0 aromatic heterocycles. The van der Waals surface area contributed by atoms with E-state index < -0.39 is 17.8 Å². The molecule has 0 unspecified atom stereocenters. The summed E-state index contributed by atoms with van der Waals surface area (Å²) in [4.78, 5) is 35.2. The van der Waals surface area contributed by atoms with Crippen LogP contribution in [0.2, 0.25) is 0 Å². The smallest absolute Gasteiger partial charge is 0.273 e. The molecule has 1 saturated heterocycles. The maximum atomic E-state index is 12.0. The third kappa shape index (κ3) is 4.16. The molecule has 1 atom stereocenters. The Morgan fingerprint density at radius 2 is 1.39 bits per heavy atom. The zero-order valence-corrected chi connectivity index (χ0v) is 17.6. The highest BCUT2D eigenvalue weighted by atomic mass is 16.2. The van der Waals surface area contributed by atoms with Gasteiger partial charge >= 0.3 is 6.03 Å². The van der Waals surface area contributed by atoms with E-state index in [0.717, 1.165) is 23.4 Å². The average molecular weight is 436 g/mol. The molecule has 0 spiro atoms. The van der Waals surface area contributed by atoms with Crippen LogP contribution in [0, 0.1) is 0 Å². The first-order chi connectivity index (χ1) is 16.1. The molecule has 7 heteroatoms. The molecule has 0 saturated carbocycles. The van der Waals surface area contributed by atoms with Crippen molar-refractivity contribution in [2.24, 2.45) is 5.10 Å². The van der Waals surface area contributed by atoms with Crippen LogP contribution in [0.15, 0.2) is 95.6 Å². The Kier molecular flexibility index (Phi) is 5.28. The molecule has 7 nitrogen and oxygen atoms in total. The molecular weight excluding hydrogens is 416 g/mol. The number of nitrogens with zero attached hydrogens (tertiary/aromatic N) is 2. The van der Waals surface area contributed by atoms with Crippen LogP contribution in [0.4, 0.5) is 10.5 Å². The van der Waals surface area contributed by atoms with Crippen LogP contribution < -0.4 is 15.6 Å². The molecule has 2 aliphatic rings. The van der Waals surface area contributed by atoms with Crippen molar-refractivity contribution in [2.75, 3.05) is 5.01 Å². The fourth-order valence-corrected chi connectivity index (χ4v) is 3.98. The minimum absolute atomic E-state index is 0.0477. The van der Waals surface area contributed by atoms with Crippen LogP contribution in [-0.2, 0) is 9.59 Å². The summed E-state index contributed by atoms with van der Waals surface area (Å²) in [5, 5.41) is 11.1. The molecule has 0 bridgehead atoms. The number of urea groups is 1. The van der Waals surface area contributed by atoms with Gasteiger partial charge in [-0.2, -0.15) is 5.10 Å². The number of barbiturate groups is 1. The first-order valence-corrected chi connectivity index (χ1v) is 10.5. The second-order valence-electron chi connectivity index (χ2n) is 7.77. The van der Waals surface area contributed by atoms with E-state index in [0.29, 0.717) is 5.56 Å². The average Bonchev–Trinajstić information content (AvgIpc) is 3.28. The molecule has 3 aromatic rings. The largest absolute Gasteiger partial charge is 0.328 e. The minimum atomic E-state index is -0.814. The van der Waals surface area contributed by atoms with Crippen LogP contribution in [0.1, 0.15) is 29.2 Å². The molecule has 0 radical (unpaired) electrons. The normalized spacial score (nSPS) is 18.0. The summed E-state index contributed by atoms with van der Waals surface area (Å²) in [7, 11) is 0. The quantitative estimate of drug-likeness (QED) is 0.481. The molecule has 5 rings (SSSR count). The van der Waals surface area contributed by atoms with E-state index in [9.17, 15) is 14.4 Å². The lowest BCUT2D eigenvalue weighted by Crippen LogP contribution is -2.51. The summed E-state index contributed by atoms with van der Waals surface area (Å²) in [6.07, 6.45) is 2.23. The lowest BCUT2D eigenvalue weighted by molar-refractivity contribution is -0.123. The van der Waals surface area contributed by atoms with Gasteiger partial charge in [0, 0.05) is 6.42 Å². The van der Waals surface area contributed by atoms with E-state index in [-0.39, 0.29) is 11.6 Å². The van der Waals surface area contributed by atoms with E-state index in [2.05, 4.69) is 34.9 Å². The van der Waals surface area contributed by atoms with Gasteiger partial charge in [-0.1, -0.05) is 72.8 Å². The molecule has 3 aromatic carbocycles. The van der Waals surface area contributed by atoms with Gasteiger partial charge in [-0.3, -0.25) is 25.2 Å². The lowest BCUT2D eigenvalue weighted by Gasteiger charge is -2.24. The molecule has 4 amide bonds. The topological polar surface area (TPSA) is 90.9 Å². The fraction of sp³-hybridized carbons (Fsp3) is 0.0769. The Hall–Kier alpha value is -4.52. The van der Waals surface area contributed by atoms with E-state index in [1.807, 2.05) is 65.7 Å². The van der Waals surface area contributed by atoms with E-state index >= 15 is 0 Å².